The summed E-state index contributed by atoms with van der Waals surface area (Å²) in [5.74, 6) is -1.21. The predicted octanol–water partition coefficient (Wildman–Crippen LogP) is 2.82. The number of carbonyl (C=O) groups excluding carboxylic acids is 4. The van der Waals surface area contributed by atoms with Gasteiger partial charge in [0.25, 0.3) is 17.6 Å². The second-order valence-corrected chi connectivity index (χ2v) is 11.3. The fourth-order valence-electron chi connectivity index (χ4n) is 6.11. The number of nitrogens with zero attached hydrogens (tertiary/aromatic N) is 5. The molecule has 13 heteroatoms. The Hall–Kier alpha value is -5.59. The molecule has 4 aromatic rings. The summed E-state index contributed by atoms with van der Waals surface area (Å²) in [5.41, 5.74) is 6.48. The standard InChI is InChI=1S/C33H34N8O5/c1-4-13-46-31(44)24-7-8-25-23(19(24)2)9-10-26(25)38-30(43)28-15-27(39-32-36-18-37-41(28)32)29(42)35-16-20-5-6-21-11-12-40(33(45)34-3)17-22(21)14-20/h4-8,14-15,18,26H,1,9-13,16-17H2,2-3H3,(H,34,45)(H,35,42)(H,38,43)/t26-/m0/s1. The van der Waals surface area contributed by atoms with Crippen molar-refractivity contribution in [2.24, 2.45) is 0 Å². The van der Waals surface area contributed by atoms with Crippen LogP contribution in [0.5, 0.6) is 0 Å². The Bertz CT molecular complexity index is 1880. The first-order valence-corrected chi connectivity index (χ1v) is 15.0. The predicted molar refractivity (Wildman–Crippen MR) is 167 cm³/mol. The quantitative estimate of drug-likeness (QED) is 0.200. The smallest absolute Gasteiger partial charge is 0.338 e. The third-order valence-electron chi connectivity index (χ3n) is 8.50. The molecule has 0 saturated heterocycles. The van der Waals surface area contributed by atoms with Crippen LogP contribution in [0.2, 0.25) is 0 Å². The van der Waals surface area contributed by atoms with E-state index < -0.39 is 17.8 Å². The minimum atomic E-state index is -0.470. The Morgan fingerprint density at radius 3 is 2.74 bits per heavy atom. The topological polar surface area (TPSA) is 160 Å². The normalized spacial score (nSPS) is 15.1. The molecule has 0 bridgehead atoms. The third kappa shape index (κ3) is 5.91. The molecule has 46 heavy (non-hydrogen) atoms. The summed E-state index contributed by atoms with van der Waals surface area (Å²) >= 11 is 0. The average Bonchev–Trinajstić information content (AvgIpc) is 3.72. The van der Waals surface area contributed by atoms with Gasteiger partial charge in [0.2, 0.25) is 0 Å². The Kier molecular flexibility index (Phi) is 8.47. The molecule has 1 aliphatic heterocycles. The summed E-state index contributed by atoms with van der Waals surface area (Å²) in [6.07, 6.45) is 4.89. The van der Waals surface area contributed by atoms with Crippen LogP contribution in [0.1, 0.15) is 77.2 Å². The van der Waals surface area contributed by atoms with Crippen molar-refractivity contribution in [1.82, 2.24) is 40.4 Å². The van der Waals surface area contributed by atoms with E-state index in [2.05, 4.69) is 37.6 Å². The number of urea groups is 1. The largest absolute Gasteiger partial charge is 0.458 e. The second-order valence-electron chi connectivity index (χ2n) is 11.3. The van der Waals surface area contributed by atoms with E-state index in [0.717, 1.165) is 34.2 Å². The van der Waals surface area contributed by atoms with E-state index in [1.807, 2.05) is 31.2 Å². The van der Waals surface area contributed by atoms with Gasteiger partial charge < -0.3 is 25.6 Å². The van der Waals surface area contributed by atoms with Gasteiger partial charge in [0.15, 0.2) is 0 Å². The van der Waals surface area contributed by atoms with E-state index in [1.165, 1.54) is 28.5 Å². The van der Waals surface area contributed by atoms with Crippen LogP contribution < -0.4 is 16.0 Å². The summed E-state index contributed by atoms with van der Waals surface area (Å²) < 4.78 is 6.51. The number of rotatable bonds is 8. The monoisotopic (exact) mass is 622 g/mol. The van der Waals surface area contributed by atoms with Crippen molar-refractivity contribution >= 4 is 29.6 Å². The maximum Gasteiger partial charge on any atom is 0.338 e. The minimum absolute atomic E-state index is 0.0275. The van der Waals surface area contributed by atoms with Crippen LogP contribution in [0.4, 0.5) is 4.79 Å². The summed E-state index contributed by atoms with van der Waals surface area (Å²) in [6, 6.07) is 10.5. The summed E-state index contributed by atoms with van der Waals surface area (Å²) in [5, 5.41) is 12.8. The number of hydrogen-bond acceptors (Lipinski definition) is 8. The first-order valence-electron chi connectivity index (χ1n) is 15.0. The molecule has 2 aliphatic rings. The number of benzene rings is 2. The average molecular weight is 623 g/mol. The SMILES string of the molecule is C=CCOC(=O)c1ccc2c(c1C)CC[C@@H]2NC(=O)c1cc(C(=O)NCc2ccc3c(c2)CN(C(=O)NC)CC3)nc2ncnn12. The van der Waals surface area contributed by atoms with Gasteiger partial charge in [0.05, 0.1) is 11.6 Å². The van der Waals surface area contributed by atoms with E-state index in [-0.39, 0.29) is 42.4 Å². The lowest BCUT2D eigenvalue weighted by molar-refractivity contribution is 0.0548. The zero-order valence-electron chi connectivity index (χ0n) is 25.6. The van der Waals surface area contributed by atoms with Gasteiger partial charge in [-0.15, -0.1) is 0 Å². The molecule has 3 heterocycles. The van der Waals surface area contributed by atoms with Crippen LogP contribution in [0.25, 0.3) is 5.78 Å². The lowest BCUT2D eigenvalue weighted by Gasteiger charge is -2.28. The highest BCUT2D eigenvalue weighted by Crippen LogP contribution is 2.35. The van der Waals surface area contributed by atoms with Crippen LogP contribution in [-0.2, 0) is 30.7 Å². The number of nitrogens with one attached hydrogen (secondary N) is 3. The molecule has 0 unspecified atom stereocenters. The van der Waals surface area contributed by atoms with E-state index >= 15 is 0 Å². The molecule has 2 aromatic heterocycles. The first kappa shape index (κ1) is 30.4. The van der Waals surface area contributed by atoms with Crippen molar-refractivity contribution in [3.8, 4) is 0 Å². The molecule has 1 atom stereocenters. The van der Waals surface area contributed by atoms with Gasteiger partial charge in [0.1, 0.15) is 24.3 Å². The molecular weight excluding hydrogens is 588 g/mol. The summed E-state index contributed by atoms with van der Waals surface area (Å²) in [7, 11) is 1.61. The van der Waals surface area contributed by atoms with Crippen LogP contribution in [0, 0.1) is 6.92 Å². The molecule has 3 N–H and O–H groups in total. The van der Waals surface area contributed by atoms with Crippen molar-refractivity contribution in [2.45, 2.75) is 45.3 Å². The number of fused-ring (bicyclic) bond motifs is 3. The lowest BCUT2D eigenvalue weighted by atomic mass is 9.97. The van der Waals surface area contributed by atoms with Gasteiger partial charge in [-0.3, -0.25) is 9.59 Å². The van der Waals surface area contributed by atoms with Crippen LogP contribution in [-0.4, -0.2) is 68.5 Å². The van der Waals surface area contributed by atoms with E-state index in [0.29, 0.717) is 31.5 Å². The molecule has 4 amide bonds. The van der Waals surface area contributed by atoms with Crippen molar-refractivity contribution in [3.63, 3.8) is 0 Å². The third-order valence-corrected chi connectivity index (χ3v) is 8.50. The highest BCUT2D eigenvalue weighted by Gasteiger charge is 2.29. The fraction of sp³-hybridized carbons (Fsp3) is 0.303. The Morgan fingerprint density at radius 1 is 1.09 bits per heavy atom. The number of ether oxygens (including phenoxy) is 1. The number of aromatic nitrogens is 4. The molecular formula is C33H34N8O5. The maximum atomic E-state index is 13.6. The number of carbonyl (C=O) groups is 4. The second kappa shape index (κ2) is 12.8. The summed E-state index contributed by atoms with van der Waals surface area (Å²) in [6.45, 7) is 6.96. The Balaban J connectivity index is 1.16. The highest BCUT2D eigenvalue weighted by molar-refractivity contribution is 5.98. The van der Waals surface area contributed by atoms with Gasteiger partial charge >= 0.3 is 12.0 Å². The first-order chi connectivity index (χ1) is 22.3. The highest BCUT2D eigenvalue weighted by atomic mass is 16.5. The zero-order chi connectivity index (χ0) is 32.4. The molecule has 1 aliphatic carbocycles. The molecule has 2 aromatic carbocycles. The lowest BCUT2D eigenvalue weighted by Crippen LogP contribution is -2.41. The van der Waals surface area contributed by atoms with Gasteiger partial charge in [0, 0.05) is 32.7 Å². The number of hydrogen-bond donors (Lipinski definition) is 3. The van der Waals surface area contributed by atoms with Crippen LogP contribution in [0.15, 0.2) is 55.4 Å². The molecule has 6 rings (SSSR count). The van der Waals surface area contributed by atoms with Gasteiger partial charge in [-0.25, -0.2) is 14.6 Å². The molecule has 13 nitrogen and oxygen atoms in total. The Labute approximate surface area is 265 Å². The van der Waals surface area contributed by atoms with Crippen LogP contribution >= 0.6 is 0 Å². The maximum absolute atomic E-state index is 13.6. The van der Waals surface area contributed by atoms with Gasteiger partial charge in [-0.2, -0.15) is 14.6 Å². The molecule has 236 valence electrons. The minimum Gasteiger partial charge on any atom is -0.458 e. The number of amides is 4. The molecule has 0 saturated carbocycles. The molecule has 0 fully saturated rings. The fourth-order valence-corrected chi connectivity index (χ4v) is 6.11. The van der Waals surface area contributed by atoms with E-state index in [1.54, 1.807) is 18.0 Å². The van der Waals surface area contributed by atoms with Gasteiger partial charge in [-0.05, 0) is 65.6 Å². The van der Waals surface area contributed by atoms with Crippen molar-refractivity contribution < 1.29 is 23.9 Å². The van der Waals surface area contributed by atoms with Crippen molar-refractivity contribution in [3.05, 3.63) is 106 Å². The van der Waals surface area contributed by atoms with E-state index in [9.17, 15) is 19.2 Å². The van der Waals surface area contributed by atoms with E-state index in [4.69, 9.17) is 4.74 Å². The van der Waals surface area contributed by atoms with Crippen molar-refractivity contribution in [2.75, 3.05) is 20.2 Å². The number of esters is 1. The van der Waals surface area contributed by atoms with Gasteiger partial charge in [-0.1, -0.05) is 36.9 Å². The van der Waals surface area contributed by atoms with Crippen molar-refractivity contribution in [1.29, 1.82) is 0 Å². The zero-order valence-corrected chi connectivity index (χ0v) is 25.6. The molecule has 0 spiro atoms. The summed E-state index contributed by atoms with van der Waals surface area (Å²) in [4.78, 5) is 61.6. The van der Waals surface area contributed by atoms with Crippen LogP contribution in [0.3, 0.4) is 0 Å². The molecule has 0 radical (unpaired) electrons. The Morgan fingerprint density at radius 2 is 1.93 bits per heavy atom.